The monoisotopic (exact) mass is 271 g/mol. The summed E-state index contributed by atoms with van der Waals surface area (Å²) in [6.45, 7) is 1.59. The summed E-state index contributed by atoms with van der Waals surface area (Å²) in [6.07, 6.45) is 0.159. The SMILES string of the molecule is CCc1c(C(=O)O)nnn1-c1cc(F)cc(F)c1F. The highest BCUT2D eigenvalue weighted by molar-refractivity contribution is 5.86. The molecule has 0 aliphatic heterocycles. The van der Waals surface area contributed by atoms with Crippen LogP contribution in [0.25, 0.3) is 5.69 Å². The molecule has 100 valence electrons. The van der Waals surface area contributed by atoms with Crippen LogP contribution in [0.5, 0.6) is 0 Å². The van der Waals surface area contributed by atoms with Crippen LogP contribution in [0, 0.1) is 17.5 Å². The lowest BCUT2D eigenvalue weighted by Gasteiger charge is -2.07. The number of aromatic carboxylic acids is 1. The lowest BCUT2D eigenvalue weighted by molar-refractivity contribution is 0.0689. The lowest BCUT2D eigenvalue weighted by atomic mass is 10.2. The number of benzene rings is 1. The van der Waals surface area contributed by atoms with Gasteiger partial charge in [-0.15, -0.1) is 5.10 Å². The predicted molar refractivity (Wildman–Crippen MR) is 57.6 cm³/mol. The van der Waals surface area contributed by atoms with E-state index in [1.165, 1.54) is 0 Å². The molecule has 2 rings (SSSR count). The molecule has 1 heterocycles. The summed E-state index contributed by atoms with van der Waals surface area (Å²) in [6, 6.07) is 1.11. The Labute approximate surface area is 105 Å². The Morgan fingerprint density at radius 3 is 2.63 bits per heavy atom. The fourth-order valence-electron chi connectivity index (χ4n) is 1.67. The van der Waals surface area contributed by atoms with Gasteiger partial charge in [0.15, 0.2) is 17.3 Å². The number of carboxylic acid groups (broad SMARTS) is 1. The number of hydrogen-bond donors (Lipinski definition) is 1. The van der Waals surface area contributed by atoms with Crippen molar-refractivity contribution >= 4 is 5.97 Å². The van der Waals surface area contributed by atoms with Crippen molar-refractivity contribution in [2.45, 2.75) is 13.3 Å². The van der Waals surface area contributed by atoms with E-state index in [9.17, 15) is 18.0 Å². The second-order valence-electron chi connectivity index (χ2n) is 3.68. The summed E-state index contributed by atoms with van der Waals surface area (Å²) in [5.41, 5.74) is -0.850. The first-order valence-corrected chi connectivity index (χ1v) is 5.28. The molecule has 1 N–H and O–H groups in total. The number of carboxylic acids is 1. The van der Waals surface area contributed by atoms with Gasteiger partial charge in [0.25, 0.3) is 0 Å². The van der Waals surface area contributed by atoms with Gasteiger partial charge in [-0.1, -0.05) is 12.1 Å². The summed E-state index contributed by atoms with van der Waals surface area (Å²) in [4.78, 5) is 10.9. The number of nitrogens with zero attached hydrogens (tertiary/aromatic N) is 3. The second kappa shape index (κ2) is 4.71. The number of carbonyl (C=O) groups is 1. The third-order valence-electron chi connectivity index (χ3n) is 2.50. The Bertz CT molecular complexity index is 655. The third kappa shape index (κ3) is 2.16. The second-order valence-corrected chi connectivity index (χ2v) is 3.68. The fraction of sp³-hybridized carbons (Fsp3) is 0.182. The van der Waals surface area contributed by atoms with Gasteiger partial charge < -0.3 is 5.11 Å². The molecular weight excluding hydrogens is 263 g/mol. The van der Waals surface area contributed by atoms with E-state index in [1.807, 2.05) is 0 Å². The normalized spacial score (nSPS) is 10.7. The van der Waals surface area contributed by atoms with Crippen molar-refractivity contribution in [3.63, 3.8) is 0 Å². The van der Waals surface area contributed by atoms with Gasteiger partial charge in [0.2, 0.25) is 0 Å². The molecule has 5 nitrogen and oxygen atoms in total. The molecule has 0 radical (unpaired) electrons. The lowest BCUT2D eigenvalue weighted by Crippen LogP contribution is -2.08. The van der Waals surface area contributed by atoms with Gasteiger partial charge in [0.1, 0.15) is 11.5 Å². The minimum absolute atomic E-state index is 0.0522. The van der Waals surface area contributed by atoms with E-state index in [1.54, 1.807) is 6.92 Å². The van der Waals surface area contributed by atoms with E-state index < -0.39 is 29.1 Å². The van der Waals surface area contributed by atoms with Gasteiger partial charge in [-0.2, -0.15) is 0 Å². The van der Waals surface area contributed by atoms with Gasteiger partial charge in [-0.3, -0.25) is 0 Å². The molecule has 0 aliphatic carbocycles. The van der Waals surface area contributed by atoms with Crippen LogP contribution >= 0.6 is 0 Å². The van der Waals surface area contributed by atoms with E-state index in [-0.39, 0.29) is 17.8 Å². The largest absolute Gasteiger partial charge is 0.476 e. The number of halogens is 3. The Morgan fingerprint density at radius 1 is 1.37 bits per heavy atom. The zero-order chi connectivity index (χ0) is 14.2. The first-order valence-electron chi connectivity index (χ1n) is 5.28. The molecule has 0 aliphatic rings. The topological polar surface area (TPSA) is 68.0 Å². The van der Waals surface area contributed by atoms with E-state index in [2.05, 4.69) is 10.3 Å². The smallest absolute Gasteiger partial charge is 0.358 e. The molecule has 1 aromatic carbocycles. The van der Waals surface area contributed by atoms with Crippen LogP contribution in [0.4, 0.5) is 13.2 Å². The van der Waals surface area contributed by atoms with E-state index in [0.717, 1.165) is 10.7 Å². The van der Waals surface area contributed by atoms with E-state index in [0.29, 0.717) is 6.07 Å². The number of aromatic nitrogens is 3. The molecule has 8 heteroatoms. The molecule has 0 atom stereocenters. The zero-order valence-electron chi connectivity index (χ0n) is 9.69. The molecule has 0 fully saturated rings. The zero-order valence-corrected chi connectivity index (χ0v) is 9.69. The van der Waals surface area contributed by atoms with Crippen molar-refractivity contribution in [3.05, 3.63) is 41.0 Å². The molecule has 0 bridgehead atoms. The molecule has 0 saturated heterocycles. The average Bonchev–Trinajstić information content (AvgIpc) is 2.77. The van der Waals surface area contributed by atoms with Crippen molar-refractivity contribution in [1.29, 1.82) is 0 Å². The Morgan fingerprint density at radius 2 is 2.05 bits per heavy atom. The van der Waals surface area contributed by atoms with Crippen molar-refractivity contribution < 1.29 is 23.1 Å². The molecule has 2 aromatic rings. The van der Waals surface area contributed by atoms with Gasteiger partial charge in [-0.25, -0.2) is 22.6 Å². The molecule has 0 unspecified atom stereocenters. The Kier molecular flexibility index (Phi) is 3.24. The first-order chi connectivity index (χ1) is 8.95. The standard InChI is InChI=1S/C11H8F3N3O2/c1-2-7-10(11(18)19)15-16-17(7)8-4-5(12)3-6(13)9(8)14/h3-4H,2H2,1H3,(H,18,19). The third-order valence-corrected chi connectivity index (χ3v) is 2.50. The van der Waals surface area contributed by atoms with Gasteiger partial charge in [-0.05, 0) is 6.42 Å². The summed E-state index contributed by atoms with van der Waals surface area (Å²) >= 11 is 0. The minimum Gasteiger partial charge on any atom is -0.476 e. The van der Waals surface area contributed by atoms with Crippen LogP contribution in [-0.2, 0) is 6.42 Å². The summed E-state index contributed by atoms with van der Waals surface area (Å²) in [5.74, 6) is -5.05. The van der Waals surface area contributed by atoms with Crippen LogP contribution < -0.4 is 0 Å². The number of hydrogen-bond acceptors (Lipinski definition) is 3. The van der Waals surface area contributed by atoms with Crippen LogP contribution in [0.1, 0.15) is 23.1 Å². The van der Waals surface area contributed by atoms with Crippen LogP contribution in [-0.4, -0.2) is 26.1 Å². The van der Waals surface area contributed by atoms with E-state index in [4.69, 9.17) is 5.11 Å². The predicted octanol–water partition coefficient (Wildman–Crippen LogP) is 1.95. The quantitative estimate of drug-likeness (QED) is 0.866. The van der Waals surface area contributed by atoms with Crippen LogP contribution in [0.3, 0.4) is 0 Å². The van der Waals surface area contributed by atoms with Gasteiger partial charge in [0, 0.05) is 12.1 Å². The Hall–Kier alpha value is -2.38. The van der Waals surface area contributed by atoms with E-state index >= 15 is 0 Å². The van der Waals surface area contributed by atoms with Crippen molar-refractivity contribution in [3.8, 4) is 5.69 Å². The first kappa shape index (κ1) is 13.1. The average molecular weight is 271 g/mol. The summed E-state index contributed by atoms with van der Waals surface area (Å²) in [7, 11) is 0. The van der Waals surface area contributed by atoms with Gasteiger partial charge >= 0.3 is 5.97 Å². The fourth-order valence-corrected chi connectivity index (χ4v) is 1.67. The maximum Gasteiger partial charge on any atom is 0.358 e. The molecule has 0 saturated carbocycles. The van der Waals surface area contributed by atoms with Crippen molar-refractivity contribution in [2.24, 2.45) is 0 Å². The van der Waals surface area contributed by atoms with Gasteiger partial charge in [0.05, 0.1) is 5.69 Å². The highest BCUT2D eigenvalue weighted by Crippen LogP contribution is 2.20. The molecule has 0 amide bonds. The molecule has 0 spiro atoms. The maximum atomic E-state index is 13.6. The minimum atomic E-state index is -1.38. The highest BCUT2D eigenvalue weighted by atomic mass is 19.2. The highest BCUT2D eigenvalue weighted by Gasteiger charge is 2.22. The molecular formula is C11H8F3N3O2. The van der Waals surface area contributed by atoms with Crippen molar-refractivity contribution in [1.82, 2.24) is 15.0 Å². The maximum absolute atomic E-state index is 13.6. The molecule has 19 heavy (non-hydrogen) atoms. The summed E-state index contributed by atoms with van der Waals surface area (Å²) in [5, 5.41) is 15.7. The van der Waals surface area contributed by atoms with Crippen LogP contribution in [0.15, 0.2) is 12.1 Å². The Balaban J connectivity index is 2.69. The van der Waals surface area contributed by atoms with Crippen molar-refractivity contribution in [2.75, 3.05) is 0 Å². The summed E-state index contributed by atoms with van der Waals surface area (Å²) < 4.78 is 40.6. The number of rotatable bonds is 3. The van der Waals surface area contributed by atoms with Crippen LogP contribution in [0.2, 0.25) is 0 Å². The molecule has 1 aromatic heterocycles.